The first-order chi connectivity index (χ1) is 13.4. The van der Waals surface area contributed by atoms with Crippen LogP contribution in [0.1, 0.15) is 31.0 Å². The van der Waals surface area contributed by atoms with Crippen LogP contribution in [0.2, 0.25) is 0 Å². The van der Waals surface area contributed by atoms with Crippen molar-refractivity contribution in [2.75, 3.05) is 10.6 Å². The zero-order chi connectivity index (χ0) is 21.9. The van der Waals surface area contributed by atoms with Gasteiger partial charge >= 0.3 is 0 Å². The van der Waals surface area contributed by atoms with Crippen LogP contribution in [0, 0.1) is 22.9 Å². The highest BCUT2D eigenvalue weighted by molar-refractivity contribution is 7.92. The van der Waals surface area contributed by atoms with Gasteiger partial charge < -0.3 is 5.32 Å². The van der Waals surface area contributed by atoms with Crippen LogP contribution in [0.4, 0.5) is 15.8 Å². The first-order valence-electron chi connectivity index (χ1n) is 8.72. The minimum Gasteiger partial charge on any atom is -0.348 e. The lowest BCUT2D eigenvalue weighted by molar-refractivity contribution is -0.384. The van der Waals surface area contributed by atoms with Crippen molar-refractivity contribution in [3.8, 4) is 0 Å². The SMILES string of the molecule is Cc1ccc([N+](=O)[O-])cc1N([C@H](C)C(=O)N[C@@H](C)c1ccc(F)cc1)S(C)(=O)=O. The minimum absolute atomic E-state index is 0.0544. The molecular weight excluding hydrogens is 401 g/mol. The molecule has 2 atom stereocenters. The molecule has 0 aromatic heterocycles. The van der Waals surface area contributed by atoms with Crippen molar-refractivity contribution in [2.24, 2.45) is 0 Å². The van der Waals surface area contributed by atoms with E-state index in [1.807, 2.05) is 0 Å². The number of sulfonamides is 1. The Balaban J connectivity index is 2.36. The number of carbonyl (C=O) groups is 1. The van der Waals surface area contributed by atoms with E-state index in [1.54, 1.807) is 13.8 Å². The van der Waals surface area contributed by atoms with Gasteiger partial charge in [0.2, 0.25) is 15.9 Å². The predicted octanol–water partition coefficient (Wildman–Crippen LogP) is 3.07. The number of hydrogen-bond acceptors (Lipinski definition) is 5. The fourth-order valence-corrected chi connectivity index (χ4v) is 4.12. The smallest absolute Gasteiger partial charge is 0.271 e. The molecule has 0 bridgehead atoms. The summed E-state index contributed by atoms with van der Waals surface area (Å²) in [5.74, 6) is -1.01. The van der Waals surface area contributed by atoms with Crippen molar-refractivity contribution in [3.63, 3.8) is 0 Å². The van der Waals surface area contributed by atoms with Gasteiger partial charge in [0.25, 0.3) is 5.69 Å². The normalized spacial score (nSPS) is 13.4. The van der Waals surface area contributed by atoms with Crippen molar-refractivity contribution in [1.82, 2.24) is 5.32 Å². The Morgan fingerprint density at radius 3 is 2.28 bits per heavy atom. The van der Waals surface area contributed by atoms with Crippen LogP contribution < -0.4 is 9.62 Å². The summed E-state index contributed by atoms with van der Waals surface area (Å²) in [6.45, 7) is 4.68. The number of benzene rings is 2. The molecule has 2 aromatic carbocycles. The van der Waals surface area contributed by atoms with Crippen LogP contribution in [0.3, 0.4) is 0 Å². The summed E-state index contributed by atoms with van der Waals surface area (Å²) in [5, 5.41) is 13.8. The second-order valence-corrected chi connectivity index (χ2v) is 8.60. The van der Waals surface area contributed by atoms with Crippen molar-refractivity contribution >= 4 is 27.3 Å². The van der Waals surface area contributed by atoms with Crippen LogP contribution in [-0.4, -0.2) is 31.5 Å². The highest BCUT2D eigenvalue weighted by Crippen LogP contribution is 2.29. The number of carbonyl (C=O) groups excluding carboxylic acids is 1. The quantitative estimate of drug-likeness (QED) is 0.544. The maximum atomic E-state index is 13.1. The van der Waals surface area contributed by atoms with E-state index in [-0.39, 0.29) is 11.4 Å². The van der Waals surface area contributed by atoms with Crippen LogP contribution in [0.15, 0.2) is 42.5 Å². The number of amides is 1. The Morgan fingerprint density at radius 1 is 1.17 bits per heavy atom. The summed E-state index contributed by atoms with van der Waals surface area (Å²) in [7, 11) is -3.93. The number of nitrogens with zero attached hydrogens (tertiary/aromatic N) is 2. The number of nitrogens with one attached hydrogen (secondary N) is 1. The summed E-state index contributed by atoms with van der Waals surface area (Å²) in [5.41, 5.74) is 0.877. The summed E-state index contributed by atoms with van der Waals surface area (Å²) in [6, 6.07) is 7.70. The largest absolute Gasteiger partial charge is 0.348 e. The second kappa shape index (κ2) is 8.56. The van der Waals surface area contributed by atoms with Crippen molar-refractivity contribution in [2.45, 2.75) is 32.9 Å². The third-order valence-corrected chi connectivity index (χ3v) is 5.69. The molecule has 1 amide bonds. The molecular formula is C19H22FN3O5S. The summed E-state index contributed by atoms with van der Waals surface area (Å²) in [4.78, 5) is 23.2. The number of nitro groups is 1. The van der Waals surface area contributed by atoms with Gasteiger partial charge in [0.1, 0.15) is 11.9 Å². The van der Waals surface area contributed by atoms with Gasteiger partial charge in [0.05, 0.1) is 22.9 Å². The van der Waals surface area contributed by atoms with Gasteiger partial charge in [-0.1, -0.05) is 18.2 Å². The Bertz CT molecular complexity index is 1020. The van der Waals surface area contributed by atoms with Crippen LogP contribution >= 0.6 is 0 Å². The standard InChI is InChI=1S/C19H22FN3O5S/c1-12-5-10-17(23(25)26)11-18(12)22(29(4,27)28)14(3)19(24)21-13(2)15-6-8-16(20)9-7-15/h5-11,13-14H,1-4H3,(H,21,24)/t13-,14+/m0/s1. The average molecular weight is 423 g/mol. The van der Waals surface area contributed by atoms with Gasteiger partial charge in [-0.25, -0.2) is 12.8 Å². The molecule has 0 radical (unpaired) electrons. The molecule has 0 saturated carbocycles. The van der Waals surface area contributed by atoms with E-state index >= 15 is 0 Å². The molecule has 29 heavy (non-hydrogen) atoms. The highest BCUT2D eigenvalue weighted by Gasteiger charge is 2.31. The van der Waals surface area contributed by atoms with Gasteiger partial charge in [-0.15, -0.1) is 0 Å². The topological polar surface area (TPSA) is 110 Å². The van der Waals surface area contributed by atoms with Crippen LogP contribution in [-0.2, 0) is 14.8 Å². The number of halogens is 1. The summed E-state index contributed by atoms with van der Waals surface area (Å²) in [6.07, 6.45) is 0.929. The van der Waals surface area contributed by atoms with Gasteiger partial charge in [-0.2, -0.15) is 0 Å². The van der Waals surface area contributed by atoms with Crippen molar-refractivity contribution in [3.05, 3.63) is 69.5 Å². The van der Waals surface area contributed by atoms with Gasteiger partial charge in [-0.3, -0.25) is 19.2 Å². The number of hydrogen-bond donors (Lipinski definition) is 1. The molecule has 0 unspecified atom stereocenters. The molecule has 0 heterocycles. The summed E-state index contributed by atoms with van der Waals surface area (Å²) < 4.78 is 38.8. The van der Waals surface area contributed by atoms with E-state index in [9.17, 15) is 27.7 Å². The molecule has 8 nitrogen and oxygen atoms in total. The molecule has 0 aliphatic heterocycles. The zero-order valence-corrected chi connectivity index (χ0v) is 17.2. The number of aryl methyl sites for hydroxylation is 1. The van der Waals surface area contributed by atoms with Gasteiger partial charge in [0, 0.05) is 12.1 Å². The molecule has 1 N–H and O–H groups in total. The Labute approximate surface area is 168 Å². The maximum absolute atomic E-state index is 13.1. The fourth-order valence-electron chi connectivity index (χ4n) is 2.90. The van der Waals surface area contributed by atoms with Gasteiger partial charge in [0.15, 0.2) is 0 Å². The molecule has 0 spiro atoms. The number of rotatable bonds is 7. The molecule has 0 fully saturated rings. The lowest BCUT2D eigenvalue weighted by Gasteiger charge is -2.30. The van der Waals surface area contributed by atoms with E-state index in [0.717, 1.165) is 16.6 Å². The van der Waals surface area contributed by atoms with E-state index in [0.29, 0.717) is 11.1 Å². The predicted molar refractivity (Wildman–Crippen MR) is 108 cm³/mol. The van der Waals surface area contributed by atoms with Crippen LogP contribution in [0.25, 0.3) is 0 Å². The Kier molecular flexibility index (Phi) is 6.58. The Hall–Kier alpha value is -3.01. The number of anilines is 1. The second-order valence-electron chi connectivity index (χ2n) is 6.74. The first-order valence-corrected chi connectivity index (χ1v) is 10.6. The third-order valence-electron chi connectivity index (χ3n) is 4.46. The third kappa shape index (κ3) is 5.29. The Morgan fingerprint density at radius 2 is 1.76 bits per heavy atom. The number of non-ortho nitro benzene ring substituents is 1. The molecule has 0 aliphatic carbocycles. The molecule has 0 aliphatic rings. The van der Waals surface area contributed by atoms with E-state index in [2.05, 4.69) is 5.32 Å². The molecule has 2 rings (SSSR count). The van der Waals surface area contributed by atoms with Crippen molar-refractivity contribution in [1.29, 1.82) is 0 Å². The van der Waals surface area contributed by atoms with Crippen molar-refractivity contribution < 1.29 is 22.5 Å². The fraction of sp³-hybridized carbons (Fsp3) is 0.316. The minimum atomic E-state index is -3.93. The average Bonchev–Trinajstić information content (AvgIpc) is 2.62. The molecule has 10 heteroatoms. The highest BCUT2D eigenvalue weighted by atomic mass is 32.2. The van der Waals surface area contributed by atoms with E-state index in [4.69, 9.17) is 0 Å². The maximum Gasteiger partial charge on any atom is 0.271 e. The lowest BCUT2D eigenvalue weighted by Crippen LogP contribution is -2.48. The first kappa shape index (κ1) is 22.3. The monoisotopic (exact) mass is 423 g/mol. The molecule has 0 saturated heterocycles. The number of nitro benzene ring substituents is 1. The summed E-state index contributed by atoms with van der Waals surface area (Å²) >= 11 is 0. The zero-order valence-electron chi connectivity index (χ0n) is 16.4. The molecule has 2 aromatic rings. The van der Waals surface area contributed by atoms with E-state index in [1.165, 1.54) is 43.3 Å². The van der Waals surface area contributed by atoms with Crippen LogP contribution in [0.5, 0.6) is 0 Å². The molecule has 156 valence electrons. The van der Waals surface area contributed by atoms with Gasteiger partial charge in [-0.05, 0) is 44.0 Å². The lowest BCUT2D eigenvalue weighted by atomic mass is 10.1. The van der Waals surface area contributed by atoms with E-state index < -0.39 is 38.8 Å².